The lowest BCUT2D eigenvalue weighted by Gasteiger charge is -2.35. The number of nitrogens with zero attached hydrogens (tertiary/aromatic N) is 4. The van der Waals surface area contributed by atoms with Crippen LogP contribution < -0.4 is 0 Å². The summed E-state index contributed by atoms with van der Waals surface area (Å²) in [4.78, 5) is 17.1. The van der Waals surface area contributed by atoms with Gasteiger partial charge in [-0.15, -0.1) is 0 Å². The fraction of sp³-hybridized carbons (Fsp3) is 0.304. The summed E-state index contributed by atoms with van der Waals surface area (Å²) in [5.41, 5.74) is 3.10. The summed E-state index contributed by atoms with van der Waals surface area (Å²) in [7, 11) is 0. The van der Waals surface area contributed by atoms with Gasteiger partial charge in [-0.3, -0.25) is 9.69 Å². The third-order valence-electron chi connectivity index (χ3n) is 5.68. The van der Waals surface area contributed by atoms with Crippen LogP contribution in [0.4, 0.5) is 8.78 Å². The van der Waals surface area contributed by atoms with Crippen LogP contribution in [0.3, 0.4) is 0 Å². The number of piperazine rings is 1. The Morgan fingerprint density at radius 3 is 2.35 bits per heavy atom. The molecule has 0 spiro atoms. The van der Waals surface area contributed by atoms with E-state index in [1.165, 1.54) is 18.2 Å². The van der Waals surface area contributed by atoms with Gasteiger partial charge in [0.25, 0.3) is 5.91 Å². The third kappa shape index (κ3) is 4.34. The highest BCUT2D eigenvalue weighted by atomic mass is 35.5. The van der Waals surface area contributed by atoms with Crippen molar-refractivity contribution in [1.82, 2.24) is 19.6 Å². The summed E-state index contributed by atoms with van der Waals surface area (Å²) in [6, 6.07) is 10.7. The summed E-state index contributed by atoms with van der Waals surface area (Å²) < 4.78 is 29.0. The van der Waals surface area contributed by atoms with Crippen LogP contribution in [0.1, 0.15) is 27.3 Å². The van der Waals surface area contributed by atoms with Gasteiger partial charge in [0.1, 0.15) is 11.6 Å². The van der Waals surface area contributed by atoms with E-state index in [1.807, 2.05) is 6.92 Å². The number of carbonyl (C=O) groups excluding carboxylic acids is 1. The van der Waals surface area contributed by atoms with Crippen molar-refractivity contribution < 1.29 is 13.6 Å². The fourth-order valence-corrected chi connectivity index (χ4v) is 4.18. The predicted molar refractivity (Wildman–Crippen MR) is 116 cm³/mol. The summed E-state index contributed by atoms with van der Waals surface area (Å²) in [5, 5.41) is 4.91. The van der Waals surface area contributed by atoms with E-state index >= 15 is 0 Å². The van der Waals surface area contributed by atoms with Crippen molar-refractivity contribution in [3.05, 3.63) is 81.6 Å². The molecular weight excluding hydrogens is 422 g/mol. The van der Waals surface area contributed by atoms with E-state index in [1.54, 1.807) is 40.8 Å². The first-order valence-electron chi connectivity index (χ1n) is 10.1. The Kier molecular flexibility index (Phi) is 6.07. The Morgan fingerprint density at radius 1 is 1.03 bits per heavy atom. The molecule has 0 bridgehead atoms. The lowest BCUT2D eigenvalue weighted by atomic mass is 10.1. The van der Waals surface area contributed by atoms with Crippen molar-refractivity contribution in [2.24, 2.45) is 0 Å². The molecule has 5 nitrogen and oxygen atoms in total. The minimum absolute atomic E-state index is 0.0769. The SMILES string of the molecule is Cc1nn(-c2ccc(F)cc2)c(C)c1C(=O)N1CCN(Cc2c(F)cccc2Cl)CC1. The van der Waals surface area contributed by atoms with Crippen molar-refractivity contribution in [2.45, 2.75) is 20.4 Å². The molecular formula is C23H23ClF2N4O. The average Bonchev–Trinajstić information content (AvgIpc) is 3.05. The number of halogens is 3. The second-order valence-electron chi connectivity index (χ2n) is 7.70. The van der Waals surface area contributed by atoms with E-state index in [2.05, 4.69) is 10.00 Å². The highest BCUT2D eigenvalue weighted by Crippen LogP contribution is 2.23. The number of rotatable bonds is 4. The Bertz CT molecular complexity index is 1090. The molecule has 31 heavy (non-hydrogen) atoms. The molecule has 0 unspecified atom stereocenters. The fourth-order valence-electron chi connectivity index (χ4n) is 3.96. The molecule has 162 valence electrons. The number of carbonyl (C=O) groups is 1. The third-order valence-corrected chi connectivity index (χ3v) is 6.03. The Morgan fingerprint density at radius 2 is 1.71 bits per heavy atom. The Labute approximate surface area is 184 Å². The molecule has 1 saturated heterocycles. The van der Waals surface area contributed by atoms with Crippen LogP contribution in [0.15, 0.2) is 42.5 Å². The molecule has 2 aromatic carbocycles. The topological polar surface area (TPSA) is 41.4 Å². The first-order chi connectivity index (χ1) is 14.8. The predicted octanol–water partition coefficient (Wildman–Crippen LogP) is 4.38. The number of aryl methyl sites for hydroxylation is 1. The first-order valence-corrected chi connectivity index (χ1v) is 10.5. The number of amides is 1. The quantitative estimate of drug-likeness (QED) is 0.599. The molecule has 1 aromatic heterocycles. The van der Waals surface area contributed by atoms with Gasteiger partial charge in [0, 0.05) is 43.3 Å². The molecule has 0 atom stereocenters. The molecule has 1 amide bonds. The maximum Gasteiger partial charge on any atom is 0.257 e. The second-order valence-corrected chi connectivity index (χ2v) is 8.11. The molecule has 0 aliphatic carbocycles. The number of hydrogen-bond donors (Lipinski definition) is 0. The zero-order valence-corrected chi connectivity index (χ0v) is 18.2. The van der Waals surface area contributed by atoms with E-state index in [0.717, 1.165) is 5.69 Å². The minimum atomic E-state index is -0.323. The molecule has 1 aliphatic heterocycles. The van der Waals surface area contributed by atoms with Crippen LogP contribution >= 0.6 is 11.6 Å². The highest BCUT2D eigenvalue weighted by Gasteiger charge is 2.27. The van der Waals surface area contributed by atoms with E-state index in [4.69, 9.17) is 11.6 Å². The molecule has 1 fully saturated rings. The van der Waals surface area contributed by atoms with E-state index in [9.17, 15) is 13.6 Å². The van der Waals surface area contributed by atoms with Gasteiger partial charge in [0.15, 0.2) is 0 Å². The van der Waals surface area contributed by atoms with Crippen molar-refractivity contribution in [3.63, 3.8) is 0 Å². The second kappa shape index (κ2) is 8.77. The summed E-state index contributed by atoms with van der Waals surface area (Å²) in [6.07, 6.45) is 0. The van der Waals surface area contributed by atoms with Crippen molar-refractivity contribution in [2.75, 3.05) is 26.2 Å². The smallest absolute Gasteiger partial charge is 0.257 e. The van der Waals surface area contributed by atoms with Crippen molar-refractivity contribution >= 4 is 17.5 Å². The van der Waals surface area contributed by atoms with Crippen LogP contribution in [0.25, 0.3) is 5.69 Å². The van der Waals surface area contributed by atoms with Gasteiger partial charge >= 0.3 is 0 Å². The summed E-state index contributed by atoms with van der Waals surface area (Å²) in [6.45, 7) is 6.37. The molecule has 8 heteroatoms. The van der Waals surface area contributed by atoms with Crippen LogP contribution in [-0.2, 0) is 6.54 Å². The van der Waals surface area contributed by atoms with E-state index in [0.29, 0.717) is 60.3 Å². The van der Waals surface area contributed by atoms with Gasteiger partial charge in [-0.05, 0) is 50.2 Å². The molecule has 0 saturated carbocycles. The number of benzene rings is 2. The molecule has 4 rings (SSSR count). The Balaban J connectivity index is 1.46. The maximum atomic E-state index is 14.1. The van der Waals surface area contributed by atoms with Crippen LogP contribution in [0.2, 0.25) is 5.02 Å². The van der Waals surface area contributed by atoms with E-state index in [-0.39, 0.29) is 17.5 Å². The largest absolute Gasteiger partial charge is 0.336 e. The van der Waals surface area contributed by atoms with Crippen LogP contribution in [-0.4, -0.2) is 51.7 Å². The molecule has 3 aromatic rings. The molecule has 0 N–H and O–H groups in total. The highest BCUT2D eigenvalue weighted by molar-refractivity contribution is 6.31. The van der Waals surface area contributed by atoms with Gasteiger partial charge in [-0.1, -0.05) is 17.7 Å². The average molecular weight is 445 g/mol. The molecule has 0 radical (unpaired) electrons. The minimum Gasteiger partial charge on any atom is -0.336 e. The lowest BCUT2D eigenvalue weighted by Crippen LogP contribution is -2.48. The Hall–Kier alpha value is -2.77. The molecule has 2 heterocycles. The normalized spacial score (nSPS) is 14.8. The lowest BCUT2D eigenvalue weighted by molar-refractivity contribution is 0.0625. The van der Waals surface area contributed by atoms with E-state index < -0.39 is 0 Å². The van der Waals surface area contributed by atoms with Crippen LogP contribution in [0.5, 0.6) is 0 Å². The monoisotopic (exact) mass is 444 g/mol. The zero-order valence-electron chi connectivity index (χ0n) is 17.4. The van der Waals surface area contributed by atoms with Gasteiger partial charge < -0.3 is 4.90 Å². The van der Waals surface area contributed by atoms with Crippen molar-refractivity contribution in [3.8, 4) is 5.69 Å². The van der Waals surface area contributed by atoms with Gasteiger partial charge in [-0.25, -0.2) is 13.5 Å². The van der Waals surface area contributed by atoms with Gasteiger partial charge in [0.2, 0.25) is 0 Å². The summed E-state index contributed by atoms with van der Waals surface area (Å²) in [5.74, 6) is -0.714. The molecule has 1 aliphatic rings. The van der Waals surface area contributed by atoms with Gasteiger partial charge in [-0.2, -0.15) is 5.10 Å². The van der Waals surface area contributed by atoms with Crippen LogP contribution in [0, 0.1) is 25.5 Å². The number of aromatic nitrogens is 2. The zero-order chi connectivity index (χ0) is 22.1. The maximum absolute atomic E-state index is 14.1. The summed E-state index contributed by atoms with van der Waals surface area (Å²) >= 11 is 6.14. The van der Waals surface area contributed by atoms with Gasteiger partial charge in [0.05, 0.1) is 22.6 Å². The standard InChI is InChI=1S/C23H23ClF2N4O/c1-15-22(16(2)30(27-15)18-8-6-17(25)7-9-18)23(31)29-12-10-28(11-13-29)14-19-20(24)4-3-5-21(19)26/h3-9H,10-14H2,1-2H3. The first kappa shape index (κ1) is 21.5. The number of hydrogen-bond acceptors (Lipinski definition) is 3. The van der Waals surface area contributed by atoms with Crippen molar-refractivity contribution in [1.29, 1.82) is 0 Å².